The van der Waals surface area contributed by atoms with Crippen LogP contribution in [-0.4, -0.2) is 0 Å². The van der Waals surface area contributed by atoms with Gasteiger partial charge in [-0.25, -0.2) is 0 Å². The van der Waals surface area contributed by atoms with Crippen LogP contribution in [0.5, 0.6) is 5.75 Å². The van der Waals surface area contributed by atoms with Gasteiger partial charge in [0.15, 0.2) is 0 Å². The lowest BCUT2D eigenvalue weighted by Gasteiger charge is -2.09. The van der Waals surface area contributed by atoms with Crippen LogP contribution in [0.1, 0.15) is 5.56 Å². The zero-order valence-corrected chi connectivity index (χ0v) is 10.4. The Bertz CT molecular complexity index is 429. The minimum Gasteiger partial charge on any atom is -0.458 e. The van der Waals surface area contributed by atoms with E-state index in [9.17, 15) is 0 Å². The fraction of sp³-hybridized carbons (Fsp3) is 0.0769. The van der Waals surface area contributed by atoms with Gasteiger partial charge in [-0.05, 0) is 43.9 Å². The van der Waals surface area contributed by atoms with Crippen molar-refractivity contribution in [3.63, 3.8) is 0 Å². The van der Waals surface area contributed by atoms with Crippen molar-refractivity contribution in [1.82, 2.24) is 0 Å². The second-order valence-electron chi connectivity index (χ2n) is 3.33. The minimum absolute atomic E-state index is 0.671. The lowest BCUT2D eigenvalue weighted by atomic mass is 10.1. The van der Waals surface area contributed by atoms with Crippen LogP contribution in [0.2, 0.25) is 0 Å². The summed E-state index contributed by atoms with van der Waals surface area (Å²) in [4.78, 5) is 0. The molecule has 1 aromatic rings. The molecular formula is C13H11IO. The van der Waals surface area contributed by atoms with Crippen LogP contribution < -0.4 is 4.74 Å². The number of hydrogen-bond acceptors (Lipinski definition) is 1. The predicted molar refractivity (Wildman–Crippen MR) is 71.2 cm³/mol. The maximum atomic E-state index is 5.65. The van der Waals surface area contributed by atoms with E-state index in [2.05, 4.69) is 41.3 Å². The van der Waals surface area contributed by atoms with E-state index in [0.717, 1.165) is 12.2 Å². The Hall–Kier alpha value is -1.03. The summed E-state index contributed by atoms with van der Waals surface area (Å²) in [6, 6.07) is 8.06. The van der Waals surface area contributed by atoms with Gasteiger partial charge in [0, 0.05) is 6.42 Å². The van der Waals surface area contributed by atoms with Gasteiger partial charge in [0.2, 0.25) is 0 Å². The Balaban J connectivity index is 2.43. The first kappa shape index (κ1) is 10.5. The van der Waals surface area contributed by atoms with Crippen molar-refractivity contribution in [3.05, 3.63) is 64.0 Å². The molecule has 15 heavy (non-hydrogen) atoms. The van der Waals surface area contributed by atoms with Crippen LogP contribution in [0.15, 0.2) is 58.4 Å². The van der Waals surface area contributed by atoms with E-state index < -0.39 is 0 Å². The highest BCUT2D eigenvalue weighted by atomic mass is 127. The predicted octanol–water partition coefficient (Wildman–Crippen LogP) is 4.01. The quantitative estimate of drug-likeness (QED) is 0.658. The van der Waals surface area contributed by atoms with Gasteiger partial charge in [-0.2, -0.15) is 0 Å². The third kappa shape index (κ3) is 2.72. The fourth-order valence-electron chi connectivity index (χ4n) is 1.43. The average Bonchev–Trinajstić information content (AvgIpc) is 2.26. The summed E-state index contributed by atoms with van der Waals surface area (Å²) in [5.74, 6) is 1.57. The molecule has 1 heterocycles. The molecular weight excluding hydrogens is 299 g/mol. The average molecular weight is 310 g/mol. The standard InChI is InChI=1S/C13H11IO/c1-10-5-4-7-12(14)9-11-6-2-3-8-13(11)15-10/h2-8H,1,9H2/b5-4-,12-7+. The third-order valence-corrected chi connectivity index (χ3v) is 2.87. The van der Waals surface area contributed by atoms with Crippen LogP contribution in [0.3, 0.4) is 0 Å². The van der Waals surface area contributed by atoms with Gasteiger partial charge < -0.3 is 4.74 Å². The van der Waals surface area contributed by atoms with Crippen molar-refractivity contribution in [2.75, 3.05) is 0 Å². The second kappa shape index (κ2) is 4.66. The number of benzene rings is 1. The number of hydrogen-bond donors (Lipinski definition) is 0. The SMILES string of the molecule is C=C1/C=C\C=C(\I)Cc2ccccc2O1. The second-order valence-corrected chi connectivity index (χ2v) is 4.71. The number of ether oxygens (including phenoxy) is 1. The summed E-state index contributed by atoms with van der Waals surface area (Å²) in [6.45, 7) is 3.84. The van der Waals surface area contributed by atoms with E-state index in [4.69, 9.17) is 4.74 Å². The van der Waals surface area contributed by atoms with Crippen LogP contribution in [0, 0.1) is 0 Å². The Labute approximate surface area is 103 Å². The molecule has 0 atom stereocenters. The van der Waals surface area contributed by atoms with Gasteiger partial charge in [-0.1, -0.05) is 36.9 Å². The molecule has 0 radical (unpaired) electrons. The van der Waals surface area contributed by atoms with Crippen molar-refractivity contribution < 1.29 is 4.74 Å². The van der Waals surface area contributed by atoms with Crippen LogP contribution in [0.25, 0.3) is 0 Å². The molecule has 1 aliphatic rings. The number of para-hydroxylation sites is 1. The molecule has 0 amide bonds. The molecule has 1 nitrogen and oxygen atoms in total. The molecule has 1 aliphatic heterocycles. The van der Waals surface area contributed by atoms with Gasteiger partial charge in [-0.3, -0.25) is 0 Å². The molecule has 0 bridgehead atoms. The van der Waals surface area contributed by atoms with Crippen molar-refractivity contribution >= 4 is 22.6 Å². The summed E-state index contributed by atoms with van der Waals surface area (Å²) in [7, 11) is 0. The topological polar surface area (TPSA) is 9.23 Å². The first-order chi connectivity index (χ1) is 7.25. The van der Waals surface area contributed by atoms with Crippen molar-refractivity contribution in [2.24, 2.45) is 0 Å². The fourth-order valence-corrected chi connectivity index (χ4v) is 2.04. The normalized spacial score (nSPS) is 21.1. The van der Waals surface area contributed by atoms with Gasteiger partial charge in [0.25, 0.3) is 0 Å². The molecule has 2 rings (SSSR count). The monoisotopic (exact) mass is 310 g/mol. The number of rotatable bonds is 0. The molecule has 0 unspecified atom stereocenters. The third-order valence-electron chi connectivity index (χ3n) is 2.13. The molecule has 0 saturated heterocycles. The molecule has 1 aromatic carbocycles. The minimum atomic E-state index is 0.671. The highest BCUT2D eigenvalue weighted by Crippen LogP contribution is 2.26. The Kier molecular flexibility index (Phi) is 3.26. The van der Waals surface area contributed by atoms with E-state index in [0.29, 0.717) is 5.76 Å². The molecule has 0 saturated carbocycles. The molecule has 76 valence electrons. The lowest BCUT2D eigenvalue weighted by molar-refractivity contribution is 0.443. The Morgan fingerprint density at radius 1 is 1.27 bits per heavy atom. The summed E-state index contributed by atoms with van der Waals surface area (Å²) < 4.78 is 6.93. The zero-order chi connectivity index (χ0) is 10.7. The zero-order valence-electron chi connectivity index (χ0n) is 8.24. The Morgan fingerprint density at radius 2 is 2.07 bits per heavy atom. The number of halogens is 1. The van der Waals surface area contributed by atoms with Gasteiger partial charge in [-0.15, -0.1) is 0 Å². The van der Waals surface area contributed by atoms with E-state index in [1.54, 1.807) is 0 Å². The number of fused-ring (bicyclic) bond motifs is 1. The molecule has 0 fully saturated rings. The smallest absolute Gasteiger partial charge is 0.130 e. The summed E-state index contributed by atoms with van der Waals surface area (Å²) in [6.07, 6.45) is 6.84. The first-order valence-electron chi connectivity index (χ1n) is 4.73. The summed E-state index contributed by atoms with van der Waals surface area (Å²) in [5, 5.41) is 0. The van der Waals surface area contributed by atoms with Crippen molar-refractivity contribution in [1.29, 1.82) is 0 Å². The van der Waals surface area contributed by atoms with E-state index in [-0.39, 0.29) is 0 Å². The summed E-state index contributed by atoms with van der Waals surface area (Å²) >= 11 is 2.34. The van der Waals surface area contributed by atoms with Crippen LogP contribution in [-0.2, 0) is 6.42 Å². The maximum Gasteiger partial charge on any atom is 0.130 e. The highest BCUT2D eigenvalue weighted by molar-refractivity contribution is 14.1. The lowest BCUT2D eigenvalue weighted by Crippen LogP contribution is -1.94. The first-order valence-corrected chi connectivity index (χ1v) is 5.81. The number of allylic oxidation sites excluding steroid dienone is 4. The van der Waals surface area contributed by atoms with E-state index >= 15 is 0 Å². The van der Waals surface area contributed by atoms with Crippen molar-refractivity contribution in [3.8, 4) is 5.75 Å². The van der Waals surface area contributed by atoms with Gasteiger partial charge in [0.05, 0.1) is 0 Å². The molecule has 0 aliphatic carbocycles. The molecule has 0 N–H and O–H groups in total. The van der Waals surface area contributed by atoms with Gasteiger partial charge >= 0.3 is 0 Å². The maximum absolute atomic E-state index is 5.65. The van der Waals surface area contributed by atoms with Gasteiger partial charge in [0.1, 0.15) is 11.5 Å². The summed E-state index contributed by atoms with van der Waals surface area (Å²) in [5.41, 5.74) is 1.20. The largest absolute Gasteiger partial charge is 0.458 e. The molecule has 2 heteroatoms. The van der Waals surface area contributed by atoms with E-state index in [1.807, 2.05) is 30.4 Å². The highest BCUT2D eigenvalue weighted by Gasteiger charge is 2.06. The Morgan fingerprint density at radius 3 is 2.93 bits per heavy atom. The van der Waals surface area contributed by atoms with E-state index in [1.165, 1.54) is 9.14 Å². The van der Waals surface area contributed by atoms with Crippen LogP contribution in [0.4, 0.5) is 0 Å². The molecule has 0 aromatic heterocycles. The van der Waals surface area contributed by atoms with Crippen molar-refractivity contribution in [2.45, 2.75) is 6.42 Å². The van der Waals surface area contributed by atoms with Crippen LogP contribution >= 0.6 is 22.6 Å². The molecule has 0 spiro atoms.